The van der Waals surface area contributed by atoms with Gasteiger partial charge in [-0.2, -0.15) is 0 Å². The van der Waals surface area contributed by atoms with E-state index in [0.717, 1.165) is 41.3 Å². The zero-order valence-corrected chi connectivity index (χ0v) is 18.1. The van der Waals surface area contributed by atoms with Crippen LogP contribution in [-0.2, 0) is 9.59 Å². The van der Waals surface area contributed by atoms with E-state index in [-0.39, 0.29) is 16.7 Å². The van der Waals surface area contributed by atoms with Gasteiger partial charge in [-0.05, 0) is 43.4 Å². The van der Waals surface area contributed by atoms with Crippen molar-refractivity contribution in [2.45, 2.75) is 26.7 Å². The van der Waals surface area contributed by atoms with Gasteiger partial charge in [0, 0.05) is 33.4 Å². The number of rotatable bonds is 2. The summed E-state index contributed by atoms with van der Waals surface area (Å²) in [4.78, 5) is 59.5. The maximum Gasteiger partial charge on any atom is 0.333 e. The molecule has 0 aliphatic carbocycles. The van der Waals surface area contributed by atoms with Crippen molar-refractivity contribution in [3.05, 3.63) is 45.4 Å². The fourth-order valence-corrected chi connectivity index (χ4v) is 4.01. The summed E-state index contributed by atoms with van der Waals surface area (Å²) in [5.41, 5.74) is 0.958. The van der Waals surface area contributed by atoms with Crippen LogP contribution in [0.5, 0.6) is 0 Å². The topological polar surface area (TPSA) is 95.3 Å². The van der Waals surface area contributed by atoms with Crippen molar-refractivity contribution >= 4 is 35.4 Å². The first kappa shape index (κ1) is 20.8. The minimum Gasteiger partial charge on any atom is -0.356 e. The van der Waals surface area contributed by atoms with Gasteiger partial charge in [0.25, 0.3) is 17.4 Å². The standard InChI is InChI=1S/C22H25N5O4/c1-13-7-10-26(11-8-13)18-15(21(30)27-9-5-6-14(2)17(27)23-18)12-16-19(28)24(3)22(31)25(4)20(16)29/h5-6,9,12-13H,7-8,10-11H2,1-4H3. The summed E-state index contributed by atoms with van der Waals surface area (Å²) >= 11 is 0. The van der Waals surface area contributed by atoms with Gasteiger partial charge in [0.1, 0.15) is 17.0 Å². The molecule has 4 heterocycles. The predicted molar refractivity (Wildman–Crippen MR) is 116 cm³/mol. The van der Waals surface area contributed by atoms with Gasteiger partial charge < -0.3 is 4.90 Å². The average molecular weight is 423 g/mol. The Kier molecular flexibility index (Phi) is 5.12. The first-order valence-corrected chi connectivity index (χ1v) is 10.3. The first-order chi connectivity index (χ1) is 14.7. The second-order valence-electron chi connectivity index (χ2n) is 8.28. The molecule has 4 rings (SSSR count). The number of fused-ring (bicyclic) bond motifs is 1. The molecule has 2 aliphatic rings. The van der Waals surface area contributed by atoms with Gasteiger partial charge in [0.05, 0.1) is 5.56 Å². The number of pyridine rings is 1. The summed E-state index contributed by atoms with van der Waals surface area (Å²) in [6.07, 6.45) is 4.83. The number of imide groups is 2. The number of likely N-dealkylation sites (N-methyl/N-ethyl adjacent to an activating group) is 2. The highest BCUT2D eigenvalue weighted by molar-refractivity contribution is 6.30. The highest BCUT2D eigenvalue weighted by Crippen LogP contribution is 2.27. The van der Waals surface area contributed by atoms with Crippen LogP contribution in [0.2, 0.25) is 0 Å². The Morgan fingerprint density at radius 3 is 2.26 bits per heavy atom. The van der Waals surface area contributed by atoms with Crippen LogP contribution < -0.4 is 10.5 Å². The maximum absolute atomic E-state index is 13.5. The van der Waals surface area contributed by atoms with Crippen molar-refractivity contribution in [3.63, 3.8) is 0 Å². The number of amides is 4. The molecule has 0 radical (unpaired) electrons. The number of aromatic nitrogens is 2. The quantitative estimate of drug-likeness (QED) is 0.539. The van der Waals surface area contributed by atoms with Gasteiger partial charge in [-0.1, -0.05) is 13.0 Å². The smallest absolute Gasteiger partial charge is 0.333 e. The number of urea groups is 1. The molecule has 0 spiro atoms. The van der Waals surface area contributed by atoms with Crippen LogP contribution in [0.25, 0.3) is 11.7 Å². The Morgan fingerprint density at radius 2 is 1.65 bits per heavy atom. The monoisotopic (exact) mass is 423 g/mol. The Morgan fingerprint density at radius 1 is 1.03 bits per heavy atom. The molecule has 2 saturated heterocycles. The number of hydrogen-bond acceptors (Lipinski definition) is 6. The van der Waals surface area contributed by atoms with Crippen molar-refractivity contribution in [3.8, 4) is 0 Å². The Bertz CT molecular complexity index is 1160. The minimum absolute atomic E-state index is 0.172. The van der Waals surface area contributed by atoms with E-state index >= 15 is 0 Å². The van der Waals surface area contributed by atoms with Crippen molar-refractivity contribution in [1.82, 2.24) is 19.2 Å². The summed E-state index contributed by atoms with van der Waals surface area (Å²) in [5.74, 6) is -0.433. The van der Waals surface area contributed by atoms with E-state index in [1.807, 2.05) is 17.9 Å². The molecule has 9 nitrogen and oxygen atoms in total. The molecule has 31 heavy (non-hydrogen) atoms. The molecule has 0 atom stereocenters. The lowest BCUT2D eigenvalue weighted by Crippen LogP contribution is -2.53. The van der Waals surface area contributed by atoms with Gasteiger partial charge in [-0.3, -0.25) is 28.6 Å². The van der Waals surface area contributed by atoms with Gasteiger partial charge in [-0.15, -0.1) is 0 Å². The third-order valence-corrected chi connectivity index (χ3v) is 6.08. The summed E-state index contributed by atoms with van der Waals surface area (Å²) < 4.78 is 1.42. The predicted octanol–water partition coefficient (Wildman–Crippen LogP) is 1.67. The van der Waals surface area contributed by atoms with Crippen molar-refractivity contribution in [2.24, 2.45) is 5.92 Å². The molecular formula is C22H25N5O4. The molecule has 2 aliphatic heterocycles. The molecule has 2 aromatic heterocycles. The lowest BCUT2D eigenvalue weighted by molar-refractivity contribution is -0.134. The molecule has 2 aromatic rings. The molecule has 2 fully saturated rings. The normalized spacial score (nSPS) is 18.4. The summed E-state index contributed by atoms with van der Waals surface area (Å²) in [6, 6.07) is 2.93. The van der Waals surface area contributed by atoms with Crippen molar-refractivity contribution in [1.29, 1.82) is 0 Å². The third kappa shape index (κ3) is 3.39. The molecule has 162 valence electrons. The SMILES string of the molecule is Cc1cccn2c(=O)c(C=C3C(=O)N(C)C(=O)N(C)C3=O)c(N3CCC(C)CC3)nc12. The summed E-state index contributed by atoms with van der Waals surface area (Å²) in [7, 11) is 2.62. The van der Waals surface area contributed by atoms with Gasteiger partial charge in [0.15, 0.2) is 0 Å². The van der Waals surface area contributed by atoms with Crippen LogP contribution in [-0.4, -0.2) is 64.2 Å². The van der Waals surface area contributed by atoms with E-state index in [2.05, 4.69) is 6.92 Å². The fourth-order valence-electron chi connectivity index (χ4n) is 4.01. The second-order valence-corrected chi connectivity index (χ2v) is 8.28. The zero-order chi connectivity index (χ0) is 22.4. The number of anilines is 1. The number of hydrogen-bond donors (Lipinski definition) is 0. The summed E-state index contributed by atoms with van der Waals surface area (Å²) in [5, 5.41) is 0. The van der Waals surface area contributed by atoms with Gasteiger partial charge in [0.2, 0.25) is 0 Å². The number of aryl methyl sites for hydroxylation is 1. The first-order valence-electron chi connectivity index (χ1n) is 10.3. The molecule has 4 amide bonds. The molecule has 0 unspecified atom stereocenters. The lowest BCUT2D eigenvalue weighted by Gasteiger charge is -2.32. The van der Waals surface area contributed by atoms with Crippen LogP contribution in [0.4, 0.5) is 10.6 Å². The fraction of sp³-hybridized carbons (Fsp3) is 0.409. The van der Waals surface area contributed by atoms with Crippen LogP contribution in [0.3, 0.4) is 0 Å². The number of piperidine rings is 1. The van der Waals surface area contributed by atoms with Crippen molar-refractivity contribution < 1.29 is 14.4 Å². The maximum atomic E-state index is 13.5. The highest BCUT2D eigenvalue weighted by Gasteiger charge is 2.38. The zero-order valence-electron chi connectivity index (χ0n) is 18.1. The molecule has 0 N–H and O–H groups in total. The molecular weight excluding hydrogens is 398 g/mol. The van der Waals surface area contributed by atoms with Crippen molar-refractivity contribution in [2.75, 3.05) is 32.1 Å². The molecule has 0 saturated carbocycles. The molecule has 0 aromatic carbocycles. The number of carbonyl (C=O) groups excluding carboxylic acids is 3. The van der Waals surface area contributed by atoms with Gasteiger partial charge in [-0.25, -0.2) is 9.78 Å². The van der Waals surface area contributed by atoms with Crippen LogP contribution in [0, 0.1) is 12.8 Å². The van der Waals surface area contributed by atoms with E-state index in [0.29, 0.717) is 17.4 Å². The lowest BCUT2D eigenvalue weighted by atomic mass is 9.98. The van der Waals surface area contributed by atoms with Gasteiger partial charge >= 0.3 is 6.03 Å². The van der Waals surface area contributed by atoms with E-state index in [1.54, 1.807) is 12.3 Å². The van der Waals surface area contributed by atoms with E-state index in [4.69, 9.17) is 4.98 Å². The Balaban J connectivity index is 1.95. The molecule has 0 bridgehead atoms. The number of nitrogens with zero attached hydrogens (tertiary/aromatic N) is 5. The second kappa shape index (κ2) is 7.64. The number of carbonyl (C=O) groups is 3. The average Bonchev–Trinajstić information content (AvgIpc) is 2.76. The van der Waals surface area contributed by atoms with Crippen LogP contribution >= 0.6 is 0 Å². The Labute approximate surface area is 179 Å². The largest absolute Gasteiger partial charge is 0.356 e. The third-order valence-electron chi connectivity index (χ3n) is 6.08. The number of barbiturate groups is 1. The minimum atomic E-state index is -0.736. The van der Waals surface area contributed by atoms with E-state index in [9.17, 15) is 19.2 Å². The Hall–Kier alpha value is -3.49. The summed E-state index contributed by atoms with van der Waals surface area (Å²) in [6.45, 7) is 5.53. The van der Waals surface area contributed by atoms with Crippen LogP contribution in [0.15, 0.2) is 28.7 Å². The van der Waals surface area contributed by atoms with E-state index < -0.39 is 17.8 Å². The van der Waals surface area contributed by atoms with E-state index in [1.165, 1.54) is 24.6 Å². The molecule has 9 heteroatoms. The highest BCUT2D eigenvalue weighted by atomic mass is 16.2. The van der Waals surface area contributed by atoms with Crippen LogP contribution in [0.1, 0.15) is 30.9 Å².